The van der Waals surface area contributed by atoms with E-state index in [-0.39, 0.29) is 12.3 Å². The van der Waals surface area contributed by atoms with Crippen LogP contribution in [0.25, 0.3) is 0 Å². The molecule has 1 atom stereocenters. The van der Waals surface area contributed by atoms with Gasteiger partial charge in [-0.2, -0.15) is 0 Å². The summed E-state index contributed by atoms with van der Waals surface area (Å²) in [6.07, 6.45) is 3.11. The van der Waals surface area contributed by atoms with Crippen molar-refractivity contribution < 1.29 is 14.7 Å². The van der Waals surface area contributed by atoms with Crippen molar-refractivity contribution in [2.24, 2.45) is 11.8 Å². The van der Waals surface area contributed by atoms with Crippen LogP contribution in [-0.4, -0.2) is 28.5 Å². The summed E-state index contributed by atoms with van der Waals surface area (Å²) in [6, 6.07) is 3.43. The maximum atomic E-state index is 11.9. The van der Waals surface area contributed by atoms with Crippen LogP contribution in [-0.2, 0) is 4.79 Å². The highest BCUT2D eigenvalue weighted by Crippen LogP contribution is 2.20. The molecule has 21 heavy (non-hydrogen) atoms. The average molecular weight is 357 g/mol. The first-order valence-corrected chi connectivity index (χ1v) is 7.81. The molecular formula is C15H21BrN2O3. The first-order valence-electron chi connectivity index (χ1n) is 7.01. The van der Waals surface area contributed by atoms with Gasteiger partial charge in [-0.15, -0.1) is 0 Å². The fourth-order valence-corrected chi connectivity index (χ4v) is 2.34. The second-order valence-electron chi connectivity index (χ2n) is 5.35. The third-order valence-electron chi connectivity index (χ3n) is 3.46. The van der Waals surface area contributed by atoms with E-state index in [2.05, 4.69) is 40.1 Å². The number of nitrogens with zero attached hydrogens (tertiary/aromatic N) is 1. The van der Waals surface area contributed by atoms with Gasteiger partial charge >= 0.3 is 5.97 Å². The van der Waals surface area contributed by atoms with E-state index in [1.165, 1.54) is 6.20 Å². The number of hydrogen-bond acceptors (Lipinski definition) is 3. The first-order chi connectivity index (χ1) is 9.90. The Morgan fingerprint density at radius 2 is 2.05 bits per heavy atom. The summed E-state index contributed by atoms with van der Waals surface area (Å²) in [6.45, 7) is 4.69. The molecule has 1 rings (SSSR count). The molecule has 2 N–H and O–H groups in total. The molecule has 116 valence electrons. The van der Waals surface area contributed by atoms with Gasteiger partial charge in [0.15, 0.2) is 0 Å². The molecule has 6 heteroatoms. The van der Waals surface area contributed by atoms with E-state index in [4.69, 9.17) is 5.11 Å². The SMILES string of the molecule is CC(C)C(CCNC(=O)c1ccc(Br)nc1)CCC(=O)O. The summed E-state index contributed by atoms with van der Waals surface area (Å²) < 4.78 is 0.688. The minimum atomic E-state index is -0.773. The molecule has 0 aliphatic carbocycles. The van der Waals surface area contributed by atoms with Crippen LogP contribution in [0.4, 0.5) is 0 Å². The molecule has 0 spiro atoms. The highest BCUT2D eigenvalue weighted by Gasteiger charge is 2.15. The summed E-state index contributed by atoms with van der Waals surface area (Å²) in [7, 11) is 0. The van der Waals surface area contributed by atoms with Gasteiger partial charge in [0.05, 0.1) is 5.56 Å². The Bertz CT molecular complexity index is 474. The molecule has 0 aliphatic heterocycles. The van der Waals surface area contributed by atoms with E-state index in [0.717, 1.165) is 6.42 Å². The molecule has 1 amide bonds. The van der Waals surface area contributed by atoms with Crippen molar-refractivity contribution in [2.75, 3.05) is 6.54 Å². The number of amides is 1. The molecule has 0 fully saturated rings. The minimum absolute atomic E-state index is 0.157. The van der Waals surface area contributed by atoms with Gasteiger partial charge in [0.25, 0.3) is 5.91 Å². The third kappa shape index (κ3) is 6.71. The van der Waals surface area contributed by atoms with E-state index < -0.39 is 5.97 Å². The Labute approximate surface area is 133 Å². The quantitative estimate of drug-likeness (QED) is 0.701. The maximum Gasteiger partial charge on any atom is 0.303 e. The number of rotatable bonds is 8. The molecule has 1 aromatic rings. The Hall–Kier alpha value is -1.43. The lowest BCUT2D eigenvalue weighted by Gasteiger charge is -2.20. The topological polar surface area (TPSA) is 79.3 Å². The molecule has 0 bridgehead atoms. The van der Waals surface area contributed by atoms with Gasteiger partial charge in [0, 0.05) is 19.2 Å². The normalized spacial score (nSPS) is 12.2. The third-order valence-corrected chi connectivity index (χ3v) is 3.93. The fourth-order valence-electron chi connectivity index (χ4n) is 2.10. The zero-order chi connectivity index (χ0) is 15.8. The van der Waals surface area contributed by atoms with Crippen molar-refractivity contribution in [1.29, 1.82) is 0 Å². The van der Waals surface area contributed by atoms with Crippen LogP contribution >= 0.6 is 15.9 Å². The molecule has 1 heterocycles. The number of aliphatic carboxylic acids is 1. The molecule has 1 unspecified atom stereocenters. The standard InChI is InChI=1S/C15H21BrN2O3/c1-10(2)11(4-6-14(19)20)7-8-17-15(21)12-3-5-13(16)18-9-12/h3,5,9-11H,4,6-8H2,1-2H3,(H,17,21)(H,19,20). The molecule has 0 aromatic carbocycles. The maximum absolute atomic E-state index is 11.9. The lowest BCUT2D eigenvalue weighted by Crippen LogP contribution is -2.27. The molecule has 0 aliphatic rings. The van der Waals surface area contributed by atoms with E-state index >= 15 is 0 Å². The number of carboxylic acids is 1. The van der Waals surface area contributed by atoms with Crippen molar-refractivity contribution in [3.05, 3.63) is 28.5 Å². The predicted octanol–water partition coefficient (Wildman–Crippen LogP) is 3.10. The summed E-state index contributed by atoms with van der Waals surface area (Å²) in [5.74, 6) is -0.235. The zero-order valence-electron chi connectivity index (χ0n) is 12.3. The van der Waals surface area contributed by atoms with Gasteiger partial charge in [-0.3, -0.25) is 9.59 Å². The van der Waals surface area contributed by atoms with Gasteiger partial charge in [0.1, 0.15) is 4.60 Å². The molecule has 1 aromatic heterocycles. The Morgan fingerprint density at radius 1 is 1.33 bits per heavy atom. The van der Waals surface area contributed by atoms with Crippen LogP contribution in [0.2, 0.25) is 0 Å². The molecular weight excluding hydrogens is 336 g/mol. The second-order valence-corrected chi connectivity index (χ2v) is 6.16. The summed E-state index contributed by atoms with van der Waals surface area (Å²) in [5.41, 5.74) is 0.518. The van der Waals surface area contributed by atoms with Crippen LogP contribution in [0.1, 0.15) is 43.5 Å². The van der Waals surface area contributed by atoms with Crippen LogP contribution in [0.15, 0.2) is 22.9 Å². The van der Waals surface area contributed by atoms with Crippen LogP contribution in [0.3, 0.4) is 0 Å². The average Bonchev–Trinajstić information content (AvgIpc) is 2.42. The monoisotopic (exact) mass is 356 g/mol. The predicted molar refractivity (Wildman–Crippen MR) is 84.1 cm³/mol. The number of carbonyl (C=O) groups excluding carboxylic acids is 1. The van der Waals surface area contributed by atoms with E-state index in [9.17, 15) is 9.59 Å². The smallest absolute Gasteiger partial charge is 0.303 e. The van der Waals surface area contributed by atoms with Crippen molar-refractivity contribution in [1.82, 2.24) is 10.3 Å². The number of nitrogens with one attached hydrogen (secondary N) is 1. The number of hydrogen-bond donors (Lipinski definition) is 2. The number of carboxylic acid groups (broad SMARTS) is 1. The van der Waals surface area contributed by atoms with Gasteiger partial charge in [-0.1, -0.05) is 13.8 Å². The van der Waals surface area contributed by atoms with E-state index in [1.807, 2.05) is 0 Å². The second kappa shape index (κ2) is 8.77. The lowest BCUT2D eigenvalue weighted by atomic mass is 9.88. The van der Waals surface area contributed by atoms with E-state index in [1.54, 1.807) is 12.1 Å². The number of aromatic nitrogens is 1. The van der Waals surface area contributed by atoms with E-state index in [0.29, 0.717) is 35.0 Å². The molecule has 0 saturated carbocycles. The van der Waals surface area contributed by atoms with Crippen molar-refractivity contribution >= 4 is 27.8 Å². The van der Waals surface area contributed by atoms with Crippen molar-refractivity contribution in [3.63, 3.8) is 0 Å². The molecule has 5 nitrogen and oxygen atoms in total. The fraction of sp³-hybridized carbons (Fsp3) is 0.533. The molecule has 0 saturated heterocycles. The molecule has 0 radical (unpaired) electrons. The Kier molecular flexibility index (Phi) is 7.36. The largest absolute Gasteiger partial charge is 0.481 e. The van der Waals surface area contributed by atoms with Crippen LogP contribution < -0.4 is 5.32 Å². The van der Waals surface area contributed by atoms with Crippen LogP contribution in [0.5, 0.6) is 0 Å². The van der Waals surface area contributed by atoms with Gasteiger partial charge in [0.2, 0.25) is 0 Å². The lowest BCUT2D eigenvalue weighted by molar-refractivity contribution is -0.137. The number of pyridine rings is 1. The highest BCUT2D eigenvalue weighted by atomic mass is 79.9. The zero-order valence-corrected chi connectivity index (χ0v) is 13.9. The first kappa shape index (κ1) is 17.6. The summed E-state index contributed by atoms with van der Waals surface area (Å²) in [4.78, 5) is 26.6. The van der Waals surface area contributed by atoms with Crippen molar-refractivity contribution in [2.45, 2.75) is 33.1 Å². The van der Waals surface area contributed by atoms with Crippen LogP contribution in [0, 0.1) is 11.8 Å². The van der Waals surface area contributed by atoms with Crippen molar-refractivity contribution in [3.8, 4) is 0 Å². The Balaban J connectivity index is 2.40. The van der Waals surface area contributed by atoms with Gasteiger partial charge in [-0.05, 0) is 52.7 Å². The van der Waals surface area contributed by atoms with Gasteiger partial charge in [-0.25, -0.2) is 4.98 Å². The Morgan fingerprint density at radius 3 is 2.57 bits per heavy atom. The summed E-state index contributed by atoms with van der Waals surface area (Å²) in [5, 5.41) is 11.6. The summed E-state index contributed by atoms with van der Waals surface area (Å²) >= 11 is 3.22. The minimum Gasteiger partial charge on any atom is -0.481 e. The number of carbonyl (C=O) groups is 2. The number of halogens is 1. The highest BCUT2D eigenvalue weighted by molar-refractivity contribution is 9.10. The van der Waals surface area contributed by atoms with Gasteiger partial charge < -0.3 is 10.4 Å².